The van der Waals surface area contributed by atoms with Crippen LogP contribution in [0.5, 0.6) is 0 Å². The zero-order chi connectivity index (χ0) is 17.5. The molecule has 3 nitrogen and oxygen atoms in total. The van der Waals surface area contributed by atoms with Crippen LogP contribution in [-0.4, -0.2) is 41.0 Å². The molecule has 0 amide bonds. The molecule has 2 aromatic carbocycles. The second-order valence-corrected chi connectivity index (χ2v) is 12.7. The van der Waals surface area contributed by atoms with E-state index in [1.807, 2.05) is 0 Å². The number of carbonyl (C=O) groups is 1. The Morgan fingerprint density at radius 2 is 1.24 bits per heavy atom. The number of carbonyl (C=O) groups excluding carboxylic acids is 1. The summed E-state index contributed by atoms with van der Waals surface area (Å²) in [4.78, 5) is 18.0. The molecule has 0 aliphatic carbocycles. The molecule has 0 fully saturated rings. The molecule has 0 saturated carbocycles. The first kappa shape index (κ1) is 15.2. The third kappa shape index (κ3) is 1.89. The molecule has 0 atom stereocenters. The number of likely N-dealkylation sites (N-methyl/N-ethyl adjacent to an activating group) is 2. The summed E-state index contributed by atoms with van der Waals surface area (Å²) >= 11 is 0. The van der Waals surface area contributed by atoms with Crippen molar-refractivity contribution < 1.29 is 4.79 Å². The number of ketones is 1. The molecule has 0 unspecified atom stereocenters. The maximum absolute atomic E-state index is 13.4. The minimum absolute atomic E-state index is 0.242. The molecule has 3 aliphatic rings. The zero-order valence-corrected chi connectivity index (χ0v) is 16.4. The van der Waals surface area contributed by atoms with E-state index in [9.17, 15) is 4.79 Å². The van der Waals surface area contributed by atoms with E-state index in [1.165, 1.54) is 32.9 Å². The molecule has 0 spiro atoms. The van der Waals surface area contributed by atoms with Gasteiger partial charge in [-0.15, -0.1) is 0 Å². The summed E-state index contributed by atoms with van der Waals surface area (Å²) in [5.41, 5.74) is 7.28. The quantitative estimate of drug-likeness (QED) is 0.681. The largest absolute Gasteiger partial charge is 0.374 e. The fraction of sp³-hybridized carbons (Fsp3) is 0.381. The lowest BCUT2D eigenvalue weighted by atomic mass is 9.97. The van der Waals surface area contributed by atoms with Gasteiger partial charge < -0.3 is 9.80 Å². The molecule has 0 N–H and O–H groups in total. The van der Waals surface area contributed by atoms with Gasteiger partial charge >= 0.3 is 0 Å². The Kier molecular flexibility index (Phi) is 2.89. The molecule has 0 bridgehead atoms. The molecular weight excluding hydrogens is 324 g/mol. The van der Waals surface area contributed by atoms with Gasteiger partial charge in [0.1, 0.15) is 8.07 Å². The molecule has 128 valence electrons. The van der Waals surface area contributed by atoms with Gasteiger partial charge in [-0.25, -0.2) is 0 Å². The van der Waals surface area contributed by atoms with E-state index in [2.05, 4.69) is 61.3 Å². The normalized spacial score (nSPS) is 19.6. The fourth-order valence-corrected chi connectivity index (χ4v) is 7.90. The lowest BCUT2D eigenvalue weighted by molar-refractivity contribution is 0.104. The van der Waals surface area contributed by atoms with Gasteiger partial charge in [0.25, 0.3) is 0 Å². The van der Waals surface area contributed by atoms with Crippen molar-refractivity contribution in [1.82, 2.24) is 0 Å². The van der Waals surface area contributed by atoms with Crippen LogP contribution in [0, 0.1) is 0 Å². The third-order valence-corrected chi connectivity index (χ3v) is 10.0. The standard InChI is InChI=1S/C21H24N2OSi/c1-22-7-5-13-9-15-19(11-17(13)22)25(3,4)20-12-18-14(6-8-23(18)2)10-16(20)21(15)24/h9-12H,5-8H2,1-4H3. The first-order valence-electron chi connectivity index (χ1n) is 9.19. The summed E-state index contributed by atoms with van der Waals surface area (Å²) in [5.74, 6) is 0.242. The minimum Gasteiger partial charge on any atom is -0.374 e. The van der Waals surface area contributed by atoms with E-state index in [4.69, 9.17) is 0 Å². The monoisotopic (exact) mass is 348 g/mol. The summed E-state index contributed by atoms with van der Waals surface area (Å²) in [5, 5.41) is 2.64. The average Bonchev–Trinajstić information content (AvgIpc) is 3.14. The maximum Gasteiger partial charge on any atom is 0.192 e. The number of benzene rings is 2. The van der Waals surface area contributed by atoms with Crippen molar-refractivity contribution in [1.29, 1.82) is 0 Å². The second-order valence-electron chi connectivity index (χ2n) is 8.35. The fourth-order valence-electron chi connectivity index (χ4n) is 4.89. The number of nitrogens with zero attached hydrogens (tertiary/aromatic N) is 2. The highest BCUT2D eigenvalue weighted by atomic mass is 28.3. The summed E-state index contributed by atoms with van der Waals surface area (Å²) < 4.78 is 0. The van der Waals surface area contributed by atoms with Crippen LogP contribution < -0.4 is 20.2 Å². The Morgan fingerprint density at radius 3 is 1.68 bits per heavy atom. The molecule has 2 aromatic rings. The van der Waals surface area contributed by atoms with Crippen molar-refractivity contribution in [3.63, 3.8) is 0 Å². The Morgan fingerprint density at radius 1 is 0.800 bits per heavy atom. The van der Waals surface area contributed by atoms with Crippen molar-refractivity contribution in [3.05, 3.63) is 46.5 Å². The van der Waals surface area contributed by atoms with Crippen LogP contribution in [-0.2, 0) is 12.8 Å². The molecule has 3 heterocycles. The SMILES string of the molecule is CN1CCc2cc3c(cc21)[Si](C)(C)c1cc2c(cc1C3=O)CCN2C. The van der Waals surface area contributed by atoms with Crippen molar-refractivity contribution >= 4 is 35.6 Å². The van der Waals surface area contributed by atoms with Crippen LogP contribution in [0.4, 0.5) is 11.4 Å². The van der Waals surface area contributed by atoms with Gasteiger partial charge in [0, 0.05) is 49.7 Å². The molecule has 5 rings (SSSR count). The van der Waals surface area contributed by atoms with Gasteiger partial charge in [-0.1, -0.05) is 13.1 Å². The second kappa shape index (κ2) is 4.76. The van der Waals surface area contributed by atoms with Crippen LogP contribution >= 0.6 is 0 Å². The number of fused-ring (bicyclic) bond motifs is 4. The summed E-state index contributed by atoms with van der Waals surface area (Å²) in [6, 6.07) is 9.07. The van der Waals surface area contributed by atoms with Crippen LogP contribution in [0.3, 0.4) is 0 Å². The molecule has 0 radical (unpaired) electrons. The van der Waals surface area contributed by atoms with Crippen molar-refractivity contribution in [2.45, 2.75) is 25.9 Å². The lowest BCUT2D eigenvalue weighted by Crippen LogP contribution is -2.60. The minimum atomic E-state index is -1.89. The number of rotatable bonds is 0. The van der Waals surface area contributed by atoms with Gasteiger partial charge in [-0.3, -0.25) is 4.79 Å². The van der Waals surface area contributed by atoms with Crippen molar-refractivity contribution in [2.24, 2.45) is 0 Å². The van der Waals surface area contributed by atoms with E-state index >= 15 is 0 Å². The van der Waals surface area contributed by atoms with Crippen LogP contribution in [0.1, 0.15) is 27.0 Å². The lowest BCUT2D eigenvalue weighted by Gasteiger charge is -2.34. The van der Waals surface area contributed by atoms with Crippen LogP contribution in [0.25, 0.3) is 0 Å². The van der Waals surface area contributed by atoms with Gasteiger partial charge in [0.15, 0.2) is 5.78 Å². The highest BCUT2D eigenvalue weighted by Crippen LogP contribution is 2.34. The van der Waals surface area contributed by atoms with Gasteiger partial charge in [-0.2, -0.15) is 0 Å². The first-order chi connectivity index (χ1) is 11.9. The Hall–Kier alpha value is -2.07. The highest BCUT2D eigenvalue weighted by Gasteiger charge is 2.41. The van der Waals surface area contributed by atoms with E-state index in [0.29, 0.717) is 0 Å². The van der Waals surface area contributed by atoms with E-state index in [1.54, 1.807) is 0 Å². The van der Waals surface area contributed by atoms with Crippen molar-refractivity contribution in [3.8, 4) is 0 Å². The summed E-state index contributed by atoms with van der Waals surface area (Å²) in [6.45, 7) is 6.92. The molecular formula is C21H24N2OSi. The summed E-state index contributed by atoms with van der Waals surface area (Å²) in [7, 11) is 2.43. The van der Waals surface area contributed by atoms with Gasteiger partial charge in [-0.05, 0) is 58.6 Å². The predicted octanol–water partition coefficient (Wildman–Crippen LogP) is 2.04. The average molecular weight is 349 g/mol. The van der Waals surface area contributed by atoms with Gasteiger partial charge in [0.2, 0.25) is 0 Å². The molecule has 0 saturated heterocycles. The Labute approximate surface area is 150 Å². The number of anilines is 2. The molecule has 0 aromatic heterocycles. The van der Waals surface area contributed by atoms with Gasteiger partial charge in [0.05, 0.1) is 0 Å². The molecule has 3 aliphatic heterocycles. The zero-order valence-electron chi connectivity index (χ0n) is 15.4. The van der Waals surface area contributed by atoms with E-state index < -0.39 is 8.07 Å². The summed E-state index contributed by atoms with van der Waals surface area (Å²) in [6.07, 6.45) is 2.10. The Bertz CT molecular complexity index is 874. The predicted molar refractivity (Wildman–Crippen MR) is 107 cm³/mol. The smallest absolute Gasteiger partial charge is 0.192 e. The third-order valence-electron chi connectivity index (χ3n) is 6.53. The van der Waals surface area contributed by atoms with E-state index in [0.717, 1.165) is 37.1 Å². The molecule has 25 heavy (non-hydrogen) atoms. The van der Waals surface area contributed by atoms with Crippen molar-refractivity contribution in [2.75, 3.05) is 37.0 Å². The topological polar surface area (TPSA) is 23.6 Å². The number of hydrogen-bond acceptors (Lipinski definition) is 3. The van der Waals surface area contributed by atoms with E-state index in [-0.39, 0.29) is 5.78 Å². The van der Waals surface area contributed by atoms with Crippen LogP contribution in [0.15, 0.2) is 24.3 Å². The first-order valence-corrected chi connectivity index (χ1v) is 12.2. The van der Waals surface area contributed by atoms with Crippen LogP contribution in [0.2, 0.25) is 13.1 Å². The Balaban J connectivity index is 1.77. The molecule has 4 heteroatoms. The maximum atomic E-state index is 13.4. The highest BCUT2D eigenvalue weighted by molar-refractivity contribution is 7.02. The number of hydrogen-bond donors (Lipinski definition) is 0.